The van der Waals surface area contributed by atoms with Gasteiger partial charge in [-0.1, -0.05) is 12.1 Å². The number of likely N-dealkylation sites (tertiary alicyclic amines) is 2. The second kappa shape index (κ2) is 7.62. The third-order valence-electron chi connectivity index (χ3n) is 5.66. The van der Waals surface area contributed by atoms with E-state index in [1.165, 1.54) is 18.1 Å². The minimum absolute atomic E-state index is 0.0374. The molecule has 0 aliphatic carbocycles. The van der Waals surface area contributed by atoms with Gasteiger partial charge in [-0.3, -0.25) is 19.8 Å². The van der Waals surface area contributed by atoms with E-state index in [1.807, 2.05) is 6.92 Å². The third-order valence-corrected chi connectivity index (χ3v) is 5.66. The average Bonchev–Trinajstić information content (AvgIpc) is 2.62. The molecule has 28 heavy (non-hydrogen) atoms. The lowest BCUT2D eigenvalue weighted by Gasteiger charge is -2.49. The van der Waals surface area contributed by atoms with Crippen molar-refractivity contribution in [2.24, 2.45) is 5.41 Å². The van der Waals surface area contributed by atoms with Gasteiger partial charge in [0.25, 0.3) is 5.92 Å². The molecule has 2 aliphatic rings. The summed E-state index contributed by atoms with van der Waals surface area (Å²) in [5, 5.41) is 11.5. The molecule has 1 aromatic rings. The van der Waals surface area contributed by atoms with Crippen LogP contribution in [0.2, 0.25) is 0 Å². The minimum atomic E-state index is -3.03. The Hall–Kier alpha value is -2.29. The monoisotopic (exact) mass is 397 g/mol. The highest BCUT2D eigenvalue weighted by Crippen LogP contribution is 2.46. The van der Waals surface area contributed by atoms with Crippen molar-refractivity contribution in [3.63, 3.8) is 0 Å². The number of benzene rings is 1. The van der Waals surface area contributed by atoms with E-state index in [0.717, 1.165) is 0 Å². The maximum Gasteiger partial charge on any atom is 0.315 e. The summed E-state index contributed by atoms with van der Waals surface area (Å²) in [6.07, 6.45) is 0.628. The van der Waals surface area contributed by atoms with Crippen molar-refractivity contribution in [2.75, 3.05) is 33.3 Å². The predicted octanol–water partition coefficient (Wildman–Crippen LogP) is 3.07. The van der Waals surface area contributed by atoms with Crippen molar-refractivity contribution < 1.29 is 23.2 Å². The number of piperidine rings is 2. The molecule has 0 unspecified atom stereocenters. The van der Waals surface area contributed by atoms with E-state index in [0.29, 0.717) is 31.5 Å². The number of hydrogen-bond acceptors (Lipinski definition) is 5. The molecule has 1 amide bonds. The molecule has 3 rings (SSSR count). The second-order valence-corrected chi connectivity index (χ2v) is 7.67. The molecule has 7 nitrogen and oxygen atoms in total. The van der Waals surface area contributed by atoms with Crippen LogP contribution >= 0.6 is 0 Å². The van der Waals surface area contributed by atoms with Crippen LogP contribution < -0.4 is 4.74 Å². The highest BCUT2D eigenvalue weighted by molar-refractivity contribution is 5.84. The van der Waals surface area contributed by atoms with Crippen LogP contribution in [0.1, 0.15) is 31.7 Å². The molecular weight excluding hydrogens is 372 g/mol. The highest BCUT2D eigenvalue weighted by Gasteiger charge is 2.55. The molecule has 2 heterocycles. The molecule has 0 radical (unpaired) electrons. The summed E-state index contributed by atoms with van der Waals surface area (Å²) >= 11 is 0. The number of carbonyl (C=O) groups excluding carboxylic acids is 1. The summed E-state index contributed by atoms with van der Waals surface area (Å²) in [4.78, 5) is 27.0. The molecule has 0 N–H and O–H groups in total. The van der Waals surface area contributed by atoms with Crippen molar-refractivity contribution >= 4 is 11.6 Å². The molecule has 2 saturated heterocycles. The Bertz CT molecular complexity index is 774. The summed E-state index contributed by atoms with van der Waals surface area (Å²) in [7, 11) is 1.33. The molecule has 154 valence electrons. The lowest BCUT2D eigenvalue weighted by molar-refractivity contribution is -0.386. The maximum absolute atomic E-state index is 14.6. The molecule has 1 aromatic carbocycles. The smallest absolute Gasteiger partial charge is 0.315 e. The number of rotatable bonds is 5. The number of alkyl halides is 2. The Balaban J connectivity index is 1.91. The van der Waals surface area contributed by atoms with Gasteiger partial charge in [0, 0.05) is 38.2 Å². The first kappa shape index (κ1) is 20.4. The van der Waals surface area contributed by atoms with Crippen molar-refractivity contribution in [3.05, 3.63) is 33.9 Å². The Morgan fingerprint density at radius 2 is 2.07 bits per heavy atom. The first-order valence-electron chi connectivity index (χ1n) is 9.41. The number of para-hydroxylation sites is 1. The van der Waals surface area contributed by atoms with Crippen molar-refractivity contribution in [3.8, 4) is 5.75 Å². The van der Waals surface area contributed by atoms with Crippen LogP contribution in [0.4, 0.5) is 14.5 Å². The largest absolute Gasteiger partial charge is 0.490 e. The summed E-state index contributed by atoms with van der Waals surface area (Å²) in [5.41, 5.74) is -1.06. The van der Waals surface area contributed by atoms with Gasteiger partial charge >= 0.3 is 5.69 Å². The summed E-state index contributed by atoms with van der Waals surface area (Å²) in [6.45, 7) is 2.53. The number of hydrogen-bond donors (Lipinski definition) is 0. The molecular formula is C19H25F2N3O4. The van der Waals surface area contributed by atoms with Gasteiger partial charge in [0.1, 0.15) is 0 Å². The van der Waals surface area contributed by atoms with Gasteiger partial charge in [0.2, 0.25) is 5.91 Å². The normalized spacial score (nSPS) is 25.1. The zero-order chi connectivity index (χ0) is 20.5. The summed E-state index contributed by atoms with van der Waals surface area (Å²) in [6, 6.07) is 4.61. The molecule has 9 heteroatoms. The van der Waals surface area contributed by atoms with Crippen molar-refractivity contribution in [1.82, 2.24) is 9.80 Å². The average molecular weight is 397 g/mol. The van der Waals surface area contributed by atoms with E-state index in [9.17, 15) is 23.7 Å². The predicted molar refractivity (Wildman–Crippen MR) is 98.4 cm³/mol. The first-order chi connectivity index (χ1) is 13.2. The number of nitro groups is 1. The zero-order valence-corrected chi connectivity index (χ0v) is 16.1. The molecule has 0 bridgehead atoms. The van der Waals surface area contributed by atoms with Gasteiger partial charge in [0.05, 0.1) is 24.0 Å². The van der Waals surface area contributed by atoms with Crippen molar-refractivity contribution in [2.45, 2.75) is 38.7 Å². The Morgan fingerprint density at radius 1 is 1.32 bits per heavy atom. The third kappa shape index (κ3) is 3.80. The number of methoxy groups -OCH3 is 1. The van der Waals surface area contributed by atoms with E-state index < -0.39 is 29.2 Å². The maximum atomic E-state index is 14.6. The lowest BCUT2D eigenvalue weighted by Crippen LogP contribution is -2.60. The van der Waals surface area contributed by atoms with Crippen LogP contribution in [-0.4, -0.2) is 59.8 Å². The standard InChI is InChI=1S/C19H25F2N3O4/c1-3-23-9-5-8-18(17(23)25)11-19(20,21)13-22(12-18)10-14-6-4-7-15(28-2)16(14)24(26)27/h4,6-7H,3,5,8-13H2,1-2H3/t18-/m1/s1. The zero-order valence-electron chi connectivity index (χ0n) is 16.1. The minimum Gasteiger partial charge on any atom is -0.490 e. The fraction of sp³-hybridized carbons (Fsp3) is 0.632. The van der Waals surface area contributed by atoms with Crippen molar-refractivity contribution in [1.29, 1.82) is 0 Å². The first-order valence-corrected chi connectivity index (χ1v) is 9.41. The van der Waals surface area contributed by atoms with Gasteiger partial charge in [0.15, 0.2) is 5.75 Å². The second-order valence-electron chi connectivity index (χ2n) is 7.67. The van der Waals surface area contributed by atoms with Crippen LogP contribution in [0, 0.1) is 15.5 Å². The molecule has 1 atom stereocenters. The van der Waals surface area contributed by atoms with Gasteiger partial charge in [-0.2, -0.15) is 0 Å². The van der Waals surface area contributed by atoms with E-state index in [2.05, 4.69) is 0 Å². The molecule has 1 spiro atoms. The number of halogens is 2. The molecule has 0 saturated carbocycles. The Kier molecular flexibility index (Phi) is 5.56. The van der Waals surface area contributed by atoms with E-state index in [1.54, 1.807) is 17.0 Å². The SMILES string of the molecule is CCN1CCC[C@@]2(CN(Cc3cccc(OC)c3[N+](=O)[O-])CC(F)(F)C2)C1=O. The van der Waals surface area contributed by atoms with E-state index >= 15 is 0 Å². The Morgan fingerprint density at radius 3 is 2.71 bits per heavy atom. The topological polar surface area (TPSA) is 75.9 Å². The van der Waals surface area contributed by atoms with E-state index in [4.69, 9.17) is 4.74 Å². The van der Waals surface area contributed by atoms with Crippen LogP contribution in [0.3, 0.4) is 0 Å². The van der Waals surface area contributed by atoms with Crippen LogP contribution in [0.5, 0.6) is 5.75 Å². The number of nitrogens with zero attached hydrogens (tertiary/aromatic N) is 3. The Labute approximate surface area is 162 Å². The number of ether oxygens (including phenoxy) is 1. The highest BCUT2D eigenvalue weighted by atomic mass is 19.3. The quantitative estimate of drug-likeness (QED) is 0.564. The number of nitro benzene ring substituents is 1. The van der Waals surface area contributed by atoms with Gasteiger partial charge < -0.3 is 9.64 Å². The molecule has 0 aromatic heterocycles. The molecule has 2 fully saturated rings. The lowest BCUT2D eigenvalue weighted by atomic mass is 9.71. The fourth-order valence-corrected chi connectivity index (χ4v) is 4.60. The van der Waals surface area contributed by atoms with Crippen LogP contribution in [0.25, 0.3) is 0 Å². The van der Waals surface area contributed by atoms with Crippen LogP contribution in [0.15, 0.2) is 18.2 Å². The van der Waals surface area contributed by atoms with Gasteiger partial charge in [-0.25, -0.2) is 8.78 Å². The number of carbonyl (C=O) groups is 1. The summed E-state index contributed by atoms with van der Waals surface area (Å²) in [5.74, 6) is -3.17. The fourth-order valence-electron chi connectivity index (χ4n) is 4.60. The number of amides is 1. The van der Waals surface area contributed by atoms with Crippen LogP contribution in [-0.2, 0) is 11.3 Å². The van der Waals surface area contributed by atoms with Gasteiger partial charge in [-0.15, -0.1) is 0 Å². The molecule has 2 aliphatic heterocycles. The van der Waals surface area contributed by atoms with Gasteiger partial charge in [-0.05, 0) is 25.8 Å². The summed E-state index contributed by atoms with van der Waals surface area (Å²) < 4.78 is 34.3. The van der Waals surface area contributed by atoms with E-state index in [-0.39, 0.29) is 30.4 Å².